The van der Waals surface area contributed by atoms with Gasteiger partial charge in [-0.25, -0.2) is 9.37 Å². The van der Waals surface area contributed by atoms with Crippen molar-refractivity contribution >= 4 is 0 Å². The number of nitrogens with zero attached hydrogens (tertiary/aromatic N) is 2. The molecule has 2 heterocycles. The molecule has 8 heteroatoms. The molecule has 178 valence electrons. The molecule has 1 fully saturated rings. The average molecular weight is 467 g/mol. The number of hydrogen-bond donors (Lipinski definition) is 3. The molecule has 7 nitrogen and oxygen atoms in total. The van der Waals surface area contributed by atoms with E-state index < -0.39 is 30.2 Å². The Bertz CT molecular complexity index is 1170. The predicted molar refractivity (Wildman–Crippen MR) is 124 cm³/mol. The molecule has 1 aliphatic heterocycles. The van der Waals surface area contributed by atoms with Crippen LogP contribution < -0.4 is 4.74 Å². The van der Waals surface area contributed by atoms with Crippen molar-refractivity contribution in [3.8, 4) is 28.7 Å². The minimum Gasteiger partial charge on any atom is -0.484 e. The third-order valence-electron chi connectivity index (χ3n) is 5.66. The topological polar surface area (TPSA) is 97.0 Å². The lowest BCUT2D eigenvalue weighted by Gasteiger charge is -2.28. The van der Waals surface area contributed by atoms with Gasteiger partial charge in [-0.1, -0.05) is 30.0 Å². The quantitative estimate of drug-likeness (QED) is 0.484. The van der Waals surface area contributed by atoms with Crippen LogP contribution in [0.4, 0.5) is 4.39 Å². The van der Waals surface area contributed by atoms with E-state index in [0.29, 0.717) is 24.4 Å². The maximum atomic E-state index is 14.7. The highest BCUT2D eigenvalue weighted by atomic mass is 19.1. The summed E-state index contributed by atoms with van der Waals surface area (Å²) in [5.41, 5.74) is 2.23. The first-order valence-corrected chi connectivity index (χ1v) is 11.1. The molecule has 0 saturated carbocycles. The summed E-state index contributed by atoms with van der Waals surface area (Å²) < 4.78 is 27.1. The number of aliphatic hydroxyl groups excluding tert-OH is 3. The Morgan fingerprint density at radius 1 is 1.24 bits per heavy atom. The summed E-state index contributed by atoms with van der Waals surface area (Å²) in [6, 6.07) is 11.5. The molecule has 2 aromatic carbocycles. The van der Waals surface area contributed by atoms with E-state index in [-0.39, 0.29) is 19.0 Å². The first-order valence-electron chi connectivity index (χ1n) is 11.1. The molecule has 4 rings (SSSR count). The van der Waals surface area contributed by atoms with E-state index in [1.165, 1.54) is 6.07 Å². The fraction of sp³-hybridized carbons (Fsp3) is 0.346. The van der Waals surface area contributed by atoms with Crippen molar-refractivity contribution in [2.24, 2.45) is 0 Å². The fourth-order valence-corrected chi connectivity index (χ4v) is 3.81. The van der Waals surface area contributed by atoms with Crippen molar-refractivity contribution in [2.75, 3.05) is 19.8 Å². The normalized spacial score (nSPS) is 19.7. The van der Waals surface area contributed by atoms with Crippen LogP contribution in [0.15, 0.2) is 54.9 Å². The molecule has 0 amide bonds. The van der Waals surface area contributed by atoms with Gasteiger partial charge >= 0.3 is 0 Å². The van der Waals surface area contributed by atoms with Crippen LogP contribution in [-0.4, -0.2) is 56.9 Å². The number of aliphatic hydroxyl groups is 3. The Kier molecular flexibility index (Phi) is 7.60. The molecule has 34 heavy (non-hydrogen) atoms. The lowest BCUT2D eigenvalue weighted by Crippen LogP contribution is -2.40. The lowest BCUT2D eigenvalue weighted by molar-refractivity contribution is -0.0759. The molecular formula is C26H27FN2O5. The molecule has 3 aromatic rings. The molecule has 0 aliphatic carbocycles. The van der Waals surface area contributed by atoms with Gasteiger partial charge in [0.1, 0.15) is 30.2 Å². The predicted octanol–water partition coefficient (Wildman–Crippen LogP) is 2.86. The highest BCUT2D eigenvalue weighted by Gasteiger charge is 2.26. The standard InChI is InChI=1S/C26H27FN2O5/c1-17(31)26-28-11-12-29(26)21(15-30)8-4-18-2-5-19(6-3-18)20-7-9-24(22(27)14-20)34-25-10-13-33-16-23(25)32/h2-3,5-7,9,11-12,14,17,21,23,25,30-32H,10,13,15-16H2,1H3/t17-,21-,23?,25?/m0/s1. The second-order valence-electron chi connectivity index (χ2n) is 8.15. The van der Waals surface area contributed by atoms with Crippen LogP contribution in [-0.2, 0) is 4.74 Å². The molecule has 0 spiro atoms. The molecule has 1 saturated heterocycles. The Hall–Kier alpha value is -3.22. The van der Waals surface area contributed by atoms with E-state index >= 15 is 0 Å². The summed E-state index contributed by atoms with van der Waals surface area (Å²) in [4.78, 5) is 4.11. The molecule has 0 radical (unpaired) electrons. The van der Waals surface area contributed by atoms with Crippen LogP contribution in [0, 0.1) is 17.7 Å². The van der Waals surface area contributed by atoms with Crippen LogP contribution in [0.5, 0.6) is 5.75 Å². The van der Waals surface area contributed by atoms with Crippen molar-refractivity contribution in [3.63, 3.8) is 0 Å². The Morgan fingerprint density at radius 2 is 2.00 bits per heavy atom. The van der Waals surface area contributed by atoms with Gasteiger partial charge in [-0.15, -0.1) is 0 Å². The minimum absolute atomic E-state index is 0.100. The number of benzene rings is 2. The zero-order chi connectivity index (χ0) is 24.1. The molecule has 1 aliphatic rings. The minimum atomic E-state index is -0.778. The summed E-state index contributed by atoms with van der Waals surface area (Å²) >= 11 is 0. The molecular weight excluding hydrogens is 439 g/mol. The summed E-state index contributed by atoms with van der Waals surface area (Å²) in [6.45, 7) is 2.04. The van der Waals surface area contributed by atoms with Crippen molar-refractivity contribution < 1.29 is 29.2 Å². The van der Waals surface area contributed by atoms with Crippen LogP contribution in [0.3, 0.4) is 0 Å². The second-order valence-corrected chi connectivity index (χ2v) is 8.15. The third-order valence-corrected chi connectivity index (χ3v) is 5.66. The molecule has 2 unspecified atom stereocenters. The number of halogens is 1. The summed E-state index contributed by atoms with van der Waals surface area (Å²) in [5, 5.41) is 29.5. The van der Waals surface area contributed by atoms with Crippen LogP contribution in [0.25, 0.3) is 11.1 Å². The number of aromatic nitrogens is 2. The maximum absolute atomic E-state index is 14.7. The van der Waals surface area contributed by atoms with Crippen molar-refractivity contribution in [2.45, 2.75) is 37.7 Å². The van der Waals surface area contributed by atoms with Gasteiger partial charge < -0.3 is 29.4 Å². The Labute approximate surface area is 197 Å². The highest BCUT2D eigenvalue weighted by Crippen LogP contribution is 2.28. The SMILES string of the molecule is C[C@H](O)c1nccn1[C@@H](C#Cc1ccc(-c2ccc(OC3CCOCC3O)c(F)c2)cc1)CO. The van der Waals surface area contributed by atoms with E-state index in [1.807, 2.05) is 24.3 Å². The Balaban J connectivity index is 1.46. The third kappa shape index (κ3) is 5.46. The highest BCUT2D eigenvalue weighted by molar-refractivity contribution is 5.65. The second kappa shape index (κ2) is 10.8. The van der Waals surface area contributed by atoms with E-state index in [2.05, 4.69) is 16.8 Å². The van der Waals surface area contributed by atoms with Crippen LogP contribution >= 0.6 is 0 Å². The van der Waals surface area contributed by atoms with Crippen molar-refractivity contribution in [1.82, 2.24) is 9.55 Å². The van der Waals surface area contributed by atoms with E-state index in [1.54, 1.807) is 36.0 Å². The monoisotopic (exact) mass is 466 g/mol. The van der Waals surface area contributed by atoms with Gasteiger partial charge in [0, 0.05) is 24.4 Å². The van der Waals surface area contributed by atoms with Gasteiger partial charge in [-0.3, -0.25) is 0 Å². The van der Waals surface area contributed by atoms with Gasteiger partial charge in [0.15, 0.2) is 11.6 Å². The summed E-state index contributed by atoms with van der Waals surface area (Å²) in [7, 11) is 0. The van der Waals surface area contributed by atoms with Gasteiger partial charge in [-0.2, -0.15) is 0 Å². The van der Waals surface area contributed by atoms with Crippen molar-refractivity contribution in [3.05, 3.63) is 72.1 Å². The molecule has 4 atom stereocenters. The van der Waals surface area contributed by atoms with Crippen LogP contribution in [0.1, 0.15) is 36.9 Å². The smallest absolute Gasteiger partial charge is 0.165 e. The maximum Gasteiger partial charge on any atom is 0.165 e. The number of imidazole rings is 1. The molecule has 3 N–H and O–H groups in total. The zero-order valence-electron chi connectivity index (χ0n) is 18.8. The first kappa shape index (κ1) is 23.9. The molecule has 1 aromatic heterocycles. The van der Waals surface area contributed by atoms with Crippen molar-refractivity contribution in [1.29, 1.82) is 0 Å². The fourth-order valence-electron chi connectivity index (χ4n) is 3.81. The van der Waals surface area contributed by atoms with Gasteiger partial charge in [-0.05, 0) is 42.3 Å². The number of hydrogen-bond acceptors (Lipinski definition) is 6. The summed E-state index contributed by atoms with van der Waals surface area (Å²) in [6.07, 6.45) is 1.69. The number of rotatable bonds is 6. The zero-order valence-corrected chi connectivity index (χ0v) is 18.8. The van der Waals surface area contributed by atoms with Gasteiger partial charge in [0.25, 0.3) is 0 Å². The van der Waals surface area contributed by atoms with Gasteiger partial charge in [0.05, 0.1) is 19.8 Å². The summed E-state index contributed by atoms with van der Waals surface area (Å²) in [5.74, 6) is 6.07. The Morgan fingerprint density at radius 3 is 2.68 bits per heavy atom. The van der Waals surface area contributed by atoms with Crippen LogP contribution in [0.2, 0.25) is 0 Å². The van der Waals surface area contributed by atoms with Gasteiger partial charge in [0.2, 0.25) is 0 Å². The number of ether oxygens (including phenoxy) is 2. The largest absolute Gasteiger partial charge is 0.484 e. The van der Waals surface area contributed by atoms with E-state index in [4.69, 9.17) is 9.47 Å². The van der Waals surface area contributed by atoms with E-state index in [9.17, 15) is 19.7 Å². The molecule has 0 bridgehead atoms. The van der Waals surface area contributed by atoms with E-state index in [0.717, 1.165) is 11.1 Å². The average Bonchev–Trinajstić information content (AvgIpc) is 3.33. The lowest BCUT2D eigenvalue weighted by atomic mass is 10.0. The first-order chi connectivity index (χ1) is 16.5.